The second-order valence-corrected chi connectivity index (χ2v) is 6.34. The molecule has 0 amide bonds. The molecule has 0 spiro atoms. The van der Waals surface area contributed by atoms with Crippen LogP contribution in [0.1, 0.15) is 65.2 Å². The summed E-state index contributed by atoms with van der Waals surface area (Å²) >= 11 is 0. The van der Waals surface area contributed by atoms with Crippen molar-refractivity contribution >= 4 is 5.97 Å². The number of carbonyl (C=O) groups excluding carboxylic acids is 1. The highest BCUT2D eigenvalue weighted by molar-refractivity contribution is 5.66. The van der Waals surface area contributed by atoms with Gasteiger partial charge < -0.3 is 14.6 Å². The number of rotatable bonds is 17. The van der Waals surface area contributed by atoms with Crippen LogP contribution in [0.25, 0.3) is 0 Å². The summed E-state index contributed by atoms with van der Waals surface area (Å²) in [5.41, 5.74) is 0. The standard InChI is InChI=1S/C23H38O4/c1-3-4-5-6-7-8-9-10-11-12-13-14-15-16-17-18-19-26-21-23(20-24)27-22(2)25/h4-5,7-8,10-11,13-14,23-24H,3,6,9,12,15-21H2,1-2H3/b5-4-,8-7-,11-10-,14-13-. The van der Waals surface area contributed by atoms with Crippen molar-refractivity contribution in [1.29, 1.82) is 0 Å². The van der Waals surface area contributed by atoms with Gasteiger partial charge in [-0.15, -0.1) is 0 Å². The predicted octanol–water partition coefficient (Wildman–Crippen LogP) is 5.29. The van der Waals surface area contributed by atoms with Crippen LogP contribution in [-0.4, -0.2) is 37.0 Å². The Hall–Kier alpha value is -1.65. The van der Waals surface area contributed by atoms with Gasteiger partial charge in [-0.05, 0) is 44.9 Å². The highest BCUT2D eigenvalue weighted by Gasteiger charge is 2.10. The van der Waals surface area contributed by atoms with Crippen LogP contribution in [0.15, 0.2) is 48.6 Å². The van der Waals surface area contributed by atoms with Gasteiger partial charge in [0.2, 0.25) is 0 Å². The van der Waals surface area contributed by atoms with Crippen molar-refractivity contribution in [2.24, 2.45) is 0 Å². The first kappa shape index (κ1) is 25.4. The molecule has 0 aromatic rings. The zero-order chi connectivity index (χ0) is 20.0. The summed E-state index contributed by atoms with van der Waals surface area (Å²) in [7, 11) is 0. The van der Waals surface area contributed by atoms with Gasteiger partial charge >= 0.3 is 5.97 Å². The molecule has 0 aromatic carbocycles. The highest BCUT2D eigenvalue weighted by Crippen LogP contribution is 2.03. The summed E-state index contributed by atoms with van der Waals surface area (Å²) in [5, 5.41) is 9.04. The Morgan fingerprint density at radius 1 is 0.889 bits per heavy atom. The van der Waals surface area contributed by atoms with Crippen molar-refractivity contribution in [2.75, 3.05) is 19.8 Å². The lowest BCUT2D eigenvalue weighted by Gasteiger charge is -2.14. The molecule has 0 rings (SSSR count). The van der Waals surface area contributed by atoms with E-state index >= 15 is 0 Å². The number of ether oxygens (including phenoxy) is 2. The fourth-order valence-corrected chi connectivity index (χ4v) is 2.31. The molecule has 0 fully saturated rings. The SMILES string of the molecule is CC/C=C\C/C=C\C/C=C\C/C=C\CCCCCOCC(CO)OC(C)=O. The van der Waals surface area contributed by atoms with E-state index in [2.05, 4.69) is 55.5 Å². The molecule has 0 aromatic heterocycles. The Morgan fingerprint density at radius 2 is 1.48 bits per heavy atom. The van der Waals surface area contributed by atoms with Gasteiger partial charge in [-0.1, -0.05) is 62.0 Å². The number of hydrogen-bond acceptors (Lipinski definition) is 4. The van der Waals surface area contributed by atoms with Crippen LogP contribution < -0.4 is 0 Å². The van der Waals surface area contributed by atoms with Crippen molar-refractivity contribution in [3.63, 3.8) is 0 Å². The van der Waals surface area contributed by atoms with Gasteiger partial charge in [0, 0.05) is 13.5 Å². The lowest BCUT2D eigenvalue weighted by Crippen LogP contribution is -2.26. The minimum absolute atomic E-state index is 0.203. The third kappa shape index (κ3) is 20.5. The van der Waals surface area contributed by atoms with Gasteiger partial charge in [0.05, 0.1) is 13.2 Å². The highest BCUT2D eigenvalue weighted by atomic mass is 16.6. The fourth-order valence-electron chi connectivity index (χ4n) is 2.31. The van der Waals surface area contributed by atoms with E-state index in [0.29, 0.717) is 6.61 Å². The van der Waals surface area contributed by atoms with Gasteiger partial charge in [-0.2, -0.15) is 0 Å². The van der Waals surface area contributed by atoms with E-state index in [1.807, 2.05) is 0 Å². The molecule has 0 heterocycles. The molecule has 154 valence electrons. The maximum Gasteiger partial charge on any atom is 0.303 e. The second-order valence-electron chi connectivity index (χ2n) is 6.34. The average molecular weight is 379 g/mol. The van der Waals surface area contributed by atoms with Crippen molar-refractivity contribution < 1.29 is 19.4 Å². The van der Waals surface area contributed by atoms with Crippen LogP contribution in [0.4, 0.5) is 0 Å². The molecule has 27 heavy (non-hydrogen) atoms. The third-order valence-corrected chi connectivity index (χ3v) is 3.72. The quantitative estimate of drug-likeness (QED) is 0.212. The first-order chi connectivity index (χ1) is 13.2. The van der Waals surface area contributed by atoms with E-state index in [-0.39, 0.29) is 13.2 Å². The second kappa shape index (κ2) is 20.7. The van der Waals surface area contributed by atoms with Crippen LogP contribution in [-0.2, 0) is 14.3 Å². The predicted molar refractivity (Wildman–Crippen MR) is 113 cm³/mol. The Kier molecular flexibility index (Phi) is 19.4. The Balaban J connectivity index is 3.43. The van der Waals surface area contributed by atoms with Gasteiger partial charge in [0.1, 0.15) is 6.10 Å². The van der Waals surface area contributed by atoms with E-state index in [1.165, 1.54) is 6.92 Å². The van der Waals surface area contributed by atoms with E-state index in [1.54, 1.807) is 0 Å². The van der Waals surface area contributed by atoms with Gasteiger partial charge in [0.15, 0.2) is 0 Å². The third-order valence-electron chi connectivity index (χ3n) is 3.72. The maximum absolute atomic E-state index is 10.8. The Bertz CT molecular complexity index is 449. The van der Waals surface area contributed by atoms with Crippen molar-refractivity contribution in [3.8, 4) is 0 Å². The van der Waals surface area contributed by atoms with E-state index in [0.717, 1.165) is 51.4 Å². The monoisotopic (exact) mass is 378 g/mol. The molecule has 0 radical (unpaired) electrons. The molecular weight excluding hydrogens is 340 g/mol. The van der Waals surface area contributed by atoms with Crippen molar-refractivity contribution in [2.45, 2.75) is 71.3 Å². The number of hydrogen-bond donors (Lipinski definition) is 1. The molecule has 0 saturated heterocycles. The van der Waals surface area contributed by atoms with Crippen molar-refractivity contribution in [3.05, 3.63) is 48.6 Å². The molecule has 0 saturated carbocycles. The van der Waals surface area contributed by atoms with Crippen LogP contribution in [0.5, 0.6) is 0 Å². The maximum atomic E-state index is 10.8. The number of unbranched alkanes of at least 4 members (excludes halogenated alkanes) is 3. The summed E-state index contributed by atoms with van der Waals surface area (Å²) in [6.07, 6.45) is 25.6. The van der Waals surface area contributed by atoms with Crippen molar-refractivity contribution in [1.82, 2.24) is 0 Å². The number of esters is 1. The number of aliphatic hydroxyl groups is 1. The summed E-state index contributed by atoms with van der Waals surface area (Å²) in [6.45, 7) is 4.16. The first-order valence-electron chi connectivity index (χ1n) is 10.2. The number of allylic oxidation sites excluding steroid dienone is 8. The summed E-state index contributed by atoms with van der Waals surface area (Å²) in [4.78, 5) is 10.8. The average Bonchev–Trinajstić information content (AvgIpc) is 2.65. The van der Waals surface area contributed by atoms with Gasteiger partial charge in [-0.3, -0.25) is 4.79 Å². The van der Waals surface area contributed by atoms with E-state index in [9.17, 15) is 4.79 Å². The smallest absolute Gasteiger partial charge is 0.303 e. The van der Waals surface area contributed by atoms with Crippen LogP contribution in [0.3, 0.4) is 0 Å². The molecule has 1 N–H and O–H groups in total. The summed E-state index contributed by atoms with van der Waals surface area (Å²) in [5.74, 6) is -0.393. The fraction of sp³-hybridized carbons (Fsp3) is 0.609. The zero-order valence-electron chi connectivity index (χ0n) is 17.1. The number of aliphatic hydroxyl groups excluding tert-OH is 1. The van der Waals surface area contributed by atoms with Crippen LogP contribution in [0.2, 0.25) is 0 Å². The van der Waals surface area contributed by atoms with Crippen LogP contribution >= 0.6 is 0 Å². The Labute approximate surface area is 165 Å². The molecular formula is C23H38O4. The van der Waals surface area contributed by atoms with Crippen LogP contribution in [0, 0.1) is 0 Å². The minimum atomic E-state index is -0.549. The molecule has 0 aliphatic rings. The largest absolute Gasteiger partial charge is 0.458 e. The molecule has 0 bridgehead atoms. The molecule has 4 heteroatoms. The van der Waals surface area contributed by atoms with Gasteiger partial charge in [0.25, 0.3) is 0 Å². The topological polar surface area (TPSA) is 55.8 Å². The van der Waals surface area contributed by atoms with Gasteiger partial charge in [-0.25, -0.2) is 0 Å². The normalized spacial score (nSPS) is 13.4. The molecule has 0 aliphatic heterocycles. The zero-order valence-corrected chi connectivity index (χ0v) is 17.1. The molecule has 4 nitrogen and oxygen atoms in total. The van der Waals surface area contributed by atoms with E-state index in [4.69, 9.17) is 14.6 Å². The molecule has 1 unspecified atom stereocenters. The lowest BCUT2D eigenvalue weighted by molar-refractivity contribution is -0.152. The first-order valence-corrected chi connectivity index (χ1v) is 10.2. The number of carbonyl (C=O) groups is 1. The Morgan fingerprint density at radius 3 is 2.04 bits per heavy atom. The summed E-state index contributed by atoms with van der Waals surface area (Å²) < 4.78 is 10.3. The molecule has 0 aliphatic carbocycles. The molecule has 1 atom stereocenters. The minimum Gasteiger partial charge on any atom is -0.458 e. The lowest BCUT2D eigenvalue weighted by atomic mass is 10.2. The summed E-state index contributed by atoms with van der Waals surface area (Å²) in [6, 6.07) is 0. The van der Waals surface area contributed by atoms with E-state index < -0.39 is 12.1 Å².